The number of carbonyl (C=O) groups is 2. The van der Waals surface area contributed by atoms with Gasteiger partial charge in [-0.1, -0.05) is 0 Å². The minimum atomic E-state index is -1.02. The molecule has 1 N–H and O–H groups in total. The van der Waals surface area contributed by atoms with Crippen LogP contribution in [-0.4, -0.2) is 34.3 Å². The number of rotatable bonds is 4. The number of esters is 1. The summed E-state index contributed by atoms with van der Waals surface area (Å²) in [7, 11) is 0. The first-order chi connectivity index (χ1) is 11.4. The van der Waals surface area contributed by atoms with E-state index >= 15 is 0 Å². The highest BCUT2D eigenvalue weighted by Crippen LogP contribution is 2.14. The van der Waals surface area contributed by atoms with Crippen molar-refractivity contribution < 1.29 is 19.1 Å². The Labute approximate surface area is 148 Å². The molecule has 0 fully saturated rings. The van der Waals surface area contributed by atoms with Gasteiger partial charge in [0, 0.05) is 12.6 Å². The number of nitriles is 1. The number of carbonyl (C=O) groups excluding carboxylic acids is 2. The number of alkyl carbamates (subject to hydrolysis) is 1. The molecule has 0 bridgehead atoms. The molecule has 1 atom stereocenters. The summed E-state index contributed by atoms with van der Waals surface area (Å²) in [6.07, 6.45) is 0.811. The van der Waals surface area contributed by atoms with Gasteiger partial charge in [0.05, 0.1) is 11.3 Å². The van der Waals surface area contributed by atoms with Crippen molar-refractivity contribution in [3.05, 3.63) is 29.6 Å². The maximum atomic E-state index is 12.5. The molecule has 0 saturated heterocycles. The normalized spacial score (nSPS) is 12.7. The quantitative estimate of drug-likeness (QED) is 0.840. The number of nitrogens with zero attached hydrogens (tertiary/aromatic N) is 2. The lowest BCUT2D eigenvalue weighted by Crippen LogP contribution is -2.47. The van der Waals surface area contributed by atoms with E-state index in [4.69, 9.17) is 9.47 Å². The molecule has 7 heteroatoms. The molecule has 0 unspecified atom stereocenters. The van der Waals surface area contributed by atoms with Gasteiger partial charge in [0.2, 0.25) is 0 Å². The van der Waals surface area contributed by atoms with Crippen molar-refractivity contribution >= 4 is 12.1 Å². The average molecular weight is 347 g/mol. The molecule has 0 aliphatic rings. The van der Waals surface area contributed by atoms with Crippen LogP contribution in [0.1, 0.15) is 52.8 Å². The van der Waals surface area contributed by atoms with Crippen molar-refractivity contribution in [1.82, 2.24) is 10.3 Å². The number of hydrogen-bond donors (Lipinski definition) is 1. The van der Waals surface area contributed by atoms with Crippen LogP contribution < -0.4 is 5.32 Å². The van der Waals surface area contributed by atoms with Crippen LogP contribution in [0.5, 0.6) is 0 Å². The summed E-state index contributed by atoms with van der Waals surface area (Å²) >= 11 is 0. The van der Waals surface area contributed by atoms with Crippen molar-refractivity contribution in [2.24, 2.45) is 0 Å². The first-order valence-electron chi connectivity index (χ1n) is 7.97. The van der Waals surface area contributed by atoms with Crippen LogP contribution in [0.25, 0.3) is 0 Å². The Morgan fingerprint density at radius 3 is 2.32 bits per heavy atom. The molecule has 0 radical (unpaired) electrons. The molecule has 1 amide bonds. The van der Waals surface area contributed by atoms with Gasteiger partial charge < -0.3 is 14.8 Å². The number of amides is 1. The van der Waals surface area contributed by atoms with E-state index in [1.165, 1.54) is 6.20 Å². The highest BCUT2D eigenvalue weighted by Gasteiger charge is 2.29. The fourth-order valence-electron chi connectivity index (χ4n) is 1.91. The number of pyridine rings is 1. The molecular weight excluding hydrogens is 322 g/mol. The van der Waals surface area contributed by atoms with E-state index < -0.39 is 29.3 Å². The fourth-order valence-corrected chi connectivity index (χ4v) is 1.91. The van der Waals surface area contributed by atoms with Gasteiger partial charge in [-0.25, -0.2) is 9.59 Å². The second kappa shape index (κ2) is 7.97. The maximum absolute atomic E-state index is 12.5. The molecule has 1 rings (SSSR count). The summed E-state index contributed by atoms with van der Waals surface area (Å²) in [4.78, 5) is 28.6. The summed E-state index contributed by atoms with van der Waals surface area (Å²) in [6.45, 7) is 10.4. The summed E-state index contributed by atoms with van der Waals surface area (Å²) in [5.74, 6) is -0.618. The lowest BCUT2D eigenvalue weighted by molar-refractivity contribution is -0.157. The molecular formula is C18H25N3O4. The second-order valence-corrected chi connectivity index (χ2v) is 7.55. The average Bonchev–Trinajstić information content (AvgIpc) is 2.43. The number of ether oxygens (including phenoxy) is 2. The zero-order chi connectivity index (χ0) is 19.3. The third-order valence-corrected chi connectivity index (χ3v) is 2.79. The van der Waals surface area contributed by atoms with Crippen LogP contribution >= 0.6 is 0 Å². The standard InChI is InChI=1S/C18H25N3O4/c1-17(2,3)24-15(22)14(21-16(23)25-18(4,5)6)10-13-12(11-19)8-7-9-20-13/h7-9,14H,10H2,1-6H3,(H,21,23)/t14-/m0/s1. The van der Waals surface area contributed by atoms with Gasteiger partial charge in [-0.15, -0.1) is 0 Å². The summed E-state index contributed by atoms with van der Waals surface area (Å²) < 4.78 is 10.6. The van der Waals surface area contributed by atoms with Crippen molar-refractivity contribution in [2.75, 3.05) is 0 Å². The van der Waals surface area contributed by atoms with Crippen molar-refractivity contribution in [2.45, 2.75) is 65.2 Å². The minimum absolute atomic E-state index is 0.0257. The smallest absolute Gasteiger partial charge is 0.408 e. The third-order valence-electron chi connectivity index (χ3n) is 2.79. The van der Waals surface area contributed by atoms with Crippen LogP contribution in [0.2, 0.25) is 0 Å². The van der Waals surface area contributed by atoms with E-state index in [-0.39, 0.29) is 6.42 Å². The van der Waals surface area contributed by atoms with Gasteiger partial charge in [0.1, 0.15) is 23.3 Å². The van der Waals surface area contributed by atoms with Crippen LogP contribution in [0.15, 0.2) is 18.3 Å². The molecule has 136 valence electrons. The largest absolute Gasteiger partial charge is 0.458 e. The van der Waals surface area contributed by atoms with Gasteiger partial charge in [0.15, 0.2) is 0 Å². The van der Waals surface area contributed by atoms with Crippen molar-refractivity contribution in [3.63, 3.8) is 0 Å². The minimum Gasteiger partial charge on any atom is -0.458 e. The Bertz CT molecular complexity index is 666. The Balaban J connectivity index is 3.01. The molecule has 25 heavy (non-hydrogen) atoms. The van der Waals surface area contributed by atoms with E-state index in [1.807, 2.05) is 6.07 Å². The summed E-state index contributed by atoms with van der Waals surface area (Å²) in [6, 6.07) is 4.23. The molecule has 0 spiro atoms. The molecule has 0 aliphatic heterocycles. The SMILES string of the molecule is CC(C)(C)OC(=O)N[C@@H](Cc1ncccc1C#N)C(=O)OC(C)(C)C. The molecule has 1 aromatic heterocycles. The van der Waals surface area contributed by atoms with Crippen molar-refractivity contribution in [3.8, 4) is 6.07 Å². The first kappa shape index (κ1) is 20.4. The van der Waals surface area contributed by atoms with Gasteiger partial charge in [0.25, 0.3) is 0 Å². The van der Waals surface area contributed by atoms with Crippen LogP contribution in [0.4, 0.5) is 4.79 Å². The molecule has 1 heterocycles. The molecule has 7 nitrogen and oxygen atoms in total. The summed E-state index contributed by atoms with van der Waals surface area (Å²) in [5, 5.41) is 11.7. The lowest BCUT2D eigenvalue weighted by Gasteiger charge is -2.26. The number of hydrogen-bond acceptors (Lipinski definition) is 6. The highest BCUT2D eigenvalue weighted by molar-refractivity contribution is 5.82. The fraction of sp³-hybridized carbons (Fsp3) is 0.556. The maximum Gasteiger partial charge on any atom is 0.408 e. The predicted molar refractivity (Wildman–Crippen MR) is 91.7 cm³/mol. The van der Waals surface area contributed by atoms with E-state index in [9.17, 15) is 14.9 Å². The monoisotopic (exact) mass is 347 g/mol. The van der Waals surface area contributed by atoms with Gasteiger partial charge in [-0.3, -0.25) is 4.98 Å². The first-order valence-corrected chi connectivity index (χ1v) is 7.97. The molecule has 0 aromatic carbocycles. The van der Waals surface area contributed by atoms with E-state index in [1.54, 1.807) is 53.7 Å². The highest BCUT2D eigenvalue weighted by atomic mass is 16.6. The summed E-state index contributed by atoms with van der Waals surface area (Å²) in [5.41, 5.74) is -0.683. The number of aromatic nitrogens is 1. The predicted octanol–water partition coefficient (Wildman–Crippen LogP) is 2.73. The van der Waals surface area contributed by atoms with E-state index in [0.717, 1.165) is 0 Å². The van der Waals surface area contributed by atoms with E-state index in [0.29, 0.717) is 11.3 Å². The second-order valence-electron chi connectivity index (χ2n) is 7.55. The zero-order valence-electron chi connectivity index (χ0n) is 15.5. The van der Waals surface area contributed by atoms with Crippen LogP contribution in [0.3, 0.4) is 0 Å². The molecule has 0 aliphatic carbocycles. The zero-order valence-corrected chi connectivity index (χ0v) is 15.5. The van der Waals surface area contributed by atoms with Crippen LogP contribution in [-0.2, 0) is 20.7 Å². The van der Waals surface area contributed by atoms with Gasteiger partial charge in [-0.05, 0) is 53.7 Å². The van der Waals surface area contributed by atoms with E-state index in [2.05, 4.69) is 10.3 Å². The topological polar surface area (TPSA) is 101 Å². The van der Waals surface area contributed by atoms with Crippen molar-refractivity contribution in [1.29, 1.82) is 5.26 Å². The molecule has 0 saturated carbocycles. The third kappa shape index (κ3) is 7.66. The Kier molecular flexibility index (Phi) is 6.51. The Morgan fingerprint density at radius 1 is 1.20 bits per heavy atom. The van der Waals surface area contributed by atoms with Gasteiger partial charge >= 0.3 is 12.1 Å². The van der Waals surface area contributed by atoms with Gasteiger partial charge in [-0.2, -0.15) is 5.26 Å². The number of nitrogens with one attached hydrogen (secondary N) is 1. The Morgan fingerprint density at radius 2 is 1.80 bits per heavy atom. The Hall–Kier alpha value is -2.62. The molecule has 1 aromatic rings. The lowest BCUT2D eigenvalue weighted by atomic mass is 10.1. The van der Waals surface area contributed by atoms with Crippen LogP contribution in [0, 0.1) is 11.3 Å².